The van der Waals surface area contributed by atoms with Gasteiger partial charge in [0.15, 0.2) is 0 Å². The Bertz CT molecular complexity index is 1340. The number of benzene rings is 2. The third-order valence-electron chi connectivity index (χ3n) is 5.64. The molecule has 1 amide bonds. The molecule has 2 aromatic carbocycles. The van der Waals surface area contributed by atoms with Crippen LogP contribution in [0.3, 0.4) is 0 Å². The van der Waals surface area contributed by atoms with Crippen molar-refractivity contribution in [2.24, 2.45) is 0 Å². The van der Waals surface area contributed by atoms with E-state index in [-0.39, 0.29) is 12.3 Å². The lowest BCUT2D eigenvalue weighted by Gasteiger charge is -2.17. The molecule has 2 heterocycles. The summed E-state index contributed by atoms with van der Waals surface area (Å²) in [6.07, 6.45) is 5.34. The summed E-state index contributed by atoms with van der Waals surface area (Å²) in [6.45, 7) is 0.445. The van der Waals surface area contributed by atoms with Crippen LogP contribution in [0.25, 0.3) is 22.3 Å². The number of aromatic nitrogens is 3. The van der Waals surface area contributed by atoms with Gasteiger partial charge < -0.3 is 10.0 Å². The molecule has 0 radical (unpaired) electrons. The van der Waals surface area contributed by atoms with Gasteiger partial charge in [-0.2, -0.15) is 0 Å². The molecule has 7 nitrogen and oxygen atoms in total. The first-order valence-electron chi connectivity index (χ1n) is 11.3. The van der Waals surface area contributed by atoms with Gasteiger partial charge >= 0.3 is 5.97 Å². The molecule has 8 heteroatoms. The van der Waals surface area contributed by atoms with E-state index in [0.717, 1.165) is 22.5 Å². The first-order chi connectivity index (χ1) is 16.9. The van der Waals surface area contributed by atoms with Crippen molar-refractivity contribution in [1.82, 2.24) is 19.9 Å². The first-order valence-corrected chi connectivity index (χ1v) is 11.7. The van der Waals surface area contributed by atoms with E-state index < -0.39 is 5.97 Å². The Morgan fingerprint density at radius 1 is 1.00 bits per heavy atom. The molecule has 0 aliphatic carbocycles. The molecule has 178 valence electrons. The summed E-state index contributed by atoms with van der Waals surface area (Å²) in [7, 11) is 1.75. The van der Waals surface area contributed by atoms with Crippen LogP contribution in [0.5, 0.6) is 0 Å². The zero-order valence-electron chi connectivity index (χ0n) is 19.3. The number of nitrogens with zero attached hydrogens (tertiary/aromatic N) is 4. The Morgan fingerprint density at radius 3 is 2.51 bits per heavy atom. The number of aryl methyl sites for hydroxylation is 1. The quantitative estimate of drug-likeness (QED) is 0.316. The summed E-state index contributed by atoms with van der Waals surface area (Å²) in [4.78, 5) is 39.4. The van der Waals surface area contributed by atoms with E-state index in [4.69, 9.17) is 26.7 Å². The number of fused-ring (bicyclic) bond motifs is 1. The molecule has 35 heavy (non-hydrogen) atoms. The molecule has 0 bridgehead atoms. The third kappa shape index (κ3) is 6.19. The van der Waals surface area contributed by atoms with E-state index in [1.165, 1.54) is 0 Å². The predicted molar refractivity (Wildman–Crippen MR) is 135 cm³/mol. The van der Waals surface area contributed by atoms with E-state index in [2.05, 4.69) is 4.98 Å². The number of rotatable bonds is 9. The van der Waals surface area contributed by atoms with Gasteiger partial charge in [0.1, 0.15) is 0 Å². The van der Waals surface area contributed by atoms with Gasteiger partial charge in [-0.25, -0.2) is 9.97 Å². The molecule has 0 atom stereocenters. The Kier molecular flexibility index (Phi) is 7.67. The highest BCUT2D eigenvalue weighted by atomic mass is 35.5. The van der Waals surface area contributed by atoms with Crippen LogP contribution < -0.4 is 0 Å². The summed E-state index contributed by atoms with van der Waals surface area (Å²) in [6, 6.07) is 16.5. The third-order valence-corrected chi connectivity index (χ3v) is 5.90. The van der Waals surface area contributed by atoms with Crippen LogP contribution in [0, 0.1) is 0 Å². The van der Waals surface area contributed by atoms with Gasteiger partial charge in [0.05, 0.1) is 22.4 Å². The second-order valence-corrected chi connectivity index (χ2v) is 8.79. The molecular formula is C27H25ClN4O3. The lowest BCUT2D eigenvalue weighted by molar-refractivity contribution is -0.137. The first kappa shape index (κ1) is 24.3. The average molecular weight is 489 g/mol. The number of amides is 1. The minimum Gasteiger partial charge on any atom is -0.481 e. The highest BCUT2D eigenvalue weighted by Crippen LogP contribution is 2.27. The minimum atomic E-state index is -0.814. The molecular weight excluding hydrogens is 464 g/mol. The fourth-order valence-electron chi connectivity index (χ4n) is 3.86. The molecule has 0 unspecified atom stereocenters. The monoisotopic (exact) mass is 488 g/mol. The number of carbonyl (C=O) groups excluding carboxylic acids is 1. The number of aliphatic carboxylic acids is 1. The normalized spacial score (nSPS) is 10.9. The molecule has 4 rings (SSSR count). The Hall–Kier alpha value is -3.84. The van der Waals surface area contributed by atoms with Gasteiger partial charge in [-0.3, -0.25) is 14.6 Å². The second-order valence-electron chi connectivity index (χ2n) is 8.35. The van der Waals surface area contributed by atoms with Crippen LogP contribution in [-0.2, 0) is 17.8 Å². The van der Waals surface area contributed by atoms with E-state index in [9.17, 15) is 9.59 Å². The van der Waals surface area contributed by atoms with Crippen LogP contribution in [0.1, 0.15) is 40.9 Å². The molecule has 0 saturated carbocycles. The summed E-state index contributed by atoms with van der Waals surface area (Å²) < 4.78 is 0. The van der Waals surface area contributed by atoms with Crippen LogP contribution in [-0.4, -0.2) is 43.9 Å². The lowest BCUT2D eigenvalue weighted by atomic mass is 10.0. The van der Waals surface area contributed by atoms with E-state index in [1.807, 2.05) is 24.3 Å². The van der Waals surface area contributed by atoms with Crippen molar-refractivity contribution in [1.29, 1.82) is 0 Å². The van der Waals surface area contributed by atoms with Crippen molar-refractivity contribution in [3.05, 3.63) is 88.8 Å². The lowest BCUT2D eigenvalue weighted by Crippen LogP contribution is -2.26. The number of pyridine rings is 1. The van der Waals surface area contributed by atoms with Crippen LogP contribution >= 0.6 is 11.6 Å². The van der Waals surface area contributed by atoms with Gasteiger partial charge in [-0.1, -0.05) is 29.8 Å². The van der Waals surface area contributed by atoms with Crippen molar-refractivity contribution < 1.29 is 14.7 Å². The summed E-state index contributed by atoms with van der Waals surface area (Å²) in [5.41, 5.74) is 5.14. The van der Waals surface area contributed by atoms with Gasteiger partial charge in [0.25, 0.3) is 5.91 Å². The number of carbonyl (C=O) groups is 2. The highest BCUT2D eigenvalue weighted by Gasteiger charge is 2.16. The van der Waals surface area contributed by atoms with Gasteiger partial charge in [-0.15, -0.1) is 0 Å². The van der Waals surface area contributed by atoms with Gasteiger partial charge in [0, 0.05) is 48.6 Å². The van der Waals surface area contributed by atoms with Crippen LogP contribution in [0.2, 0.25) is 5.02 Å². The van der Waals surface area contributed by atoms with Crippen molar-refractivity contribution in [3.63, 3.8) is 0 Å². The molecule has 0 spiro atoms. The standard InChI is InChI=1S/C27H25ClN4O3/c1-32(17-18-5-4-14-29-16-18)27(35)20-10-13-22-24(15-20)30-23(6-2-3-7-25(33)34)26(31-22)19-8-11-21(28)12-9-19/h4-5,8-16H,2-3,6-7,17H2,1H3,(H,33,34). The number of hydrogen-bond donors (Lipinski definition) is 1. The SMILES string of the molecule is CN(Cc1cccnc1)C(=O)c1ccc2nc(-c3ccc(Cl)cc3)c(CCCCC(=O)O)nc2c1. The number of carboxylic acids is 1. The van der Waals surface area contributed by atoms with Gasteiger partial charge in [0.2, 0.25) is 0 Å². The molecule has 0 aliphatic rings. The van der Waals surface area contributed by atoms with Crippen molar-refractivity contribution in [3.8, 4) is 11.3 Å². The summed E-state index contributed by atoms with van der Waals surface area (Å²) >= 11 is 6.06. The maximum atomic E-state index is 13.1. The number of carboxylic acid groups (broad SMARTS) is 1. The van der Waals surface area contributed by atoms with Crippen molar-refractivity contribution in [2.45, 2.75) is 32.2 Å². The summed E-state index contributed by atoms with van der Waals surface area (Å²) in [5, 5.41) is 9.58. The highest BCUT2D eigenvalue weighted by molar-refractivity contribution is 6.30. The van der Waals surface area contributed by atoms with Crippen molar-refractivity contribution in [2.75, 3.05) is 7.05 Å². The molecule has 0 fully saturated rings. The maximum Gasteiger partial charge on any atom is 0.303 e. The number of hydrogen-bond acceptors (Lipinski definition) is 5. The Labute approximate surface area is 208 Å². The molecule has 0 aliphatic heterocycles. The number of halogens is 1. The largest absolute Gasteiger partial charge is 0.481 e. The zero-order chi connectivity index (χ0) is 24.8. The fraction of sp³-hybridized carbons (Fsp3) is 0.222. The average Bonchev–Trinajstić information content (AvgIpc) is 2.86. The molecule has 1 N–H and O–H groups in total. The molecule has 0 saturated heterocycles. The Balaban J connectivity index is 1.64. The van der Waals surface area contributed by atoms with Crippen LogP contribution in [0.15, 0.2) is 67.0 Å². The minimum absolute atomic E-state index is 0.110. The smallest absolute Gasteiger partial charge is 0.303 e. The molecule has 4 aromatic rings. The van der Waals surface area contributed by atoms with E-state index >= 15 is 0 Å². The van der Waals surface area contributed by atoms with Crippen LogP contribution in [0.4, 0.5) is 0 Å². The Morgan fingerprint density at radius 2 is 1.80 bits per heavy atom. The maximum absolute atomic E-state index is 13.1. The van der Waals surface area contributed by atoms with Gasteiger partial charge in [-0.05, 0) is 61.2 Å². The van der Waals surface area contributed by atoms with Crippen molar-refractivity contribution >= 4 is 34.5 Å². The summed E-state index contributed by atoms with van der Waals surface area (Å²) in [5.74, 6) is -0.937. The number of unbranched alkanes of at least 4 members (excludes halogenated alkanes) is 1. The van der Waals surface area contributed by atoms with E-state index in [1.54, 1.807) is 54.7 Å². The van der Waals surface area contributed by atoms with E-state index in [0.29, 0.717) is 47.4 Å². The molecule has 2 aromatic heterocycles. The topological polar surface area (TPSA) is 96.3 Å². The predicted octanol–water partition coefficient (Wildman–Crippen LogP) is 5.41. The fourth-order valence-corrected chi connectivity index (χ4v) is 3.99. The zero-order valence-corrected chi connectivity index (χ0v) is 20.1. The second kappa shape index (κ2) is 11.1.